The van der Waals surface area contributed by atoms with Gasteiger partial charge >= 0.3 is 11.9 Å². The maximum absolute atomic E-state index is 11.6. The first-order valence-corrected chi connectivity index (χ1v) is 8.83. The van der Waals surface area contributed by atoms with Crippen molar-refractivity contribution >= 4 is 46.4 Å². The van der Waals surface area contributed by atoms with Crippen LogP contribution in [0.2, 0.25) is 0 Å². The fourth-order valence-electron chi connectivity index (χ4n) is 1.01. The van der Waals surface area contributed by atoms with Crippen molar-refractivity contribution in [1.82, 2.24) is 4.72 Å². The number of nitrogens with one attached hydrogen (secondary N) is 1. The number of thiol groups is 1. The highest BCUT2D eigenvalue weighted by atomic mass is 32.2. The van der Waals surface area contributed by atoms with E-state index in [9.17, 15) is 18.0 Å². The average molecular weight is 331 g/mol. The van der Waals surface area contributed by atoms with Crippen molar-refractivity contribution < 1.29 is 27.9 Å². The summed E-state index contributed by atoms with van der Waals surface area (Å²) >= 11 is 4.87. The van der Waals surface area contributed by atoms with E-state index in [1.54, 1.807) is 6.92 Å². The Kier molecular flexibility index (Phi) is 9.23. The molecule has 10 heteroatoms. The molecule has 2 N–H and O–H groups in total. The summed E-state index contributed by atoms with van der Waals surface area (Å²) in [5.74, 6) is -2.00. The second-order valence-electron chi connectivity index (χ2n) is 3.37. The van der Waals surface area contributed by atoms with Crippen molar-refractivity contribution in [3.8, 4) is 0 Å². The molecule has 0 saturated heterocycles. The fourth-order valence-corrected chi connectivity index (χ4v) is 3.77. The van der Waals surface area contributed by atoms with Crippen molar-refractivity contribution in [2.75, 3.05) is 29.6 Å². The van der Waals surface area contributed by atoms with Gasteiger partial charge in [0, 0.05) is 11.5 Å². The first-order chi connectivity index (χ1) is 8.82. The molecule has 19 heavy (non-hydrogen) atoms. The Hall–Kier alpha value is -0.450. The van der Waals surface area contributed by atoms with Crippen LogP contribution < -0.4 is 4.72 Å². The summed E-state index contributed by atoms with van der Waals surface area (Å²) in [5.41, 5.74) is 0. The molecule has 0 radical (unpaired) electrons. The van der Waals surface area contributed by atoms with Crippen LogP contribution in [0, 0.1) is 0 Å². The van der Waals surface area contributed by atoms with Gasteiger partial charge in [-0.15, -0.1) is 11.8 Å². The summed E-state index contributed by atoms with van der Waals surface area (Å²) in [6, 6.07) is -1.03. The van der Waals surface area contributed by atoms with E-state index in [0.717, 1.165) is 11.8 Å². The molecule has 0 bridgehead atoms. The first-order valence-electron chi connectivity index (χ1n) is 5.39. The van der Waals surface area contributed by atoms with Crippen molar-refractivity contribution in [2.24, 2.45) is 0 Å². The van der Waals surface area contributed by atoms with Crippen molar-refractivity contribution in [3.63, 3.8) is 0 Å². The lowest BCUT2D eigenvalue weighted by molar-refractivity contribution is -0.144. The van der Waals surface area contributed by atoms with Crippen LogP contribution in [0.5, 0.6) is 0 Å². The third kappa shape index (κ3) is 9.14. The zero-order valence-electron chi connectivity index (χ0n) is 10.4. The SMILES string of the molecule is CCOC(=O)[C@H](CS)NS(=O)(=O)CCSCC(=O)O. The number of carbonyl (C=O) groups excluding carboxylic acids is 1. The number of hydrogen-bond donors (Lipinski definition) is 3. The maximum atomic E-state index is 11.6. The van der Waals surface area contributed by atoms with Crippen LogP contribution in [-0.4, -0.2) is 61.1 Å². The van der Waals surface area contributed by atoms with Crippen molar-refractivity contribution in [3.05, 3.63) is 0 Å². The standard InChI is InChI=1S/C9H17NO6S3/c1-2-16-9(13)7(5-17)10-19(14,15)4-3-18-6-8(11)12/h7,10,17H,2-6H2,1H3,(H,11,12)/t7-/m0/s1. The Labute approximate surface area is 121 Å². The van der Waals surface area contributed by atoms with Crippen LogP contribution in [-0.2, 0) is 24.3 Å². The second-order valence-corrected chi connectivity index (χ2v) is 6.71. The largest absolute Gasteiger partial charge is 0.481 e. The first kappa shape index (κ1) is 18.6. The van der Waals surface area contributed by atoms with E-state index < -0.39 is 28.0 Å². The molecule has 112 valence electrons. The molecular weight excluding hydrogens is 314 g/mol. The Morgan fingerprint density at radius 1 is 1.47 bits per heavy atom. The fraction of sp³-hybridized carbons (Fsp3) is 0.778. The number of carboxylic acid groups (broad SMARTS) is 1. The number of ether oxygens (including phenoxy) is 1. The van der Waals surface area contributed by atoms with Gasteiger partial charge in [0.05, 0.1) is 18.1 Å². The summed E-state index contributed by atoms with van der Waals surface area (Å²) < 4.78 is 30.2. The molecule has 0 unspecified atom stereocenters. The number of sulfonamides is 1. The molecule has 0 aliphatic heterocycles. The third-order valence-corrected chi connectivity index (χ3v) is 4.75. The van der Waals surface area contributed by atoms with E-state index in [2.05, 4.69) is 17.4 Å². The van der Waals surface area contributed by atoms with Crippen molar-refractivity contribution in [1.29, 1.82) is 0 Å². The van der Waals surface area contributed by atoms with E-state index in [4.69, 9.17) is 9.84 Å². The number of hydrogen-bond acceptors (Lipinski definition) is 7. The van der Waals surface area contributed by atoms with Gasteiger partial charge in [-0.2, -0.15) is 12.6 Å². The lowest BCUT2D eigenvalue weighted by Gasteiger charge is -2.15. The molecule has 0 spiro atoms. The van der Waals surface area contributed by atoms with Crippen LogP contribution >= 0.6 is 24.4 Å². The minimum absolute atomic E-state index is 0.0136. The van der Waals surface area contributed by atoms with Gasteiger partial charge < -0.3 is 9.84 Å². The van der Waals surface area contributed by atoms with Crippen LogP contribution in [0.3, 0.4) is 0 Å². The van der Waals surface area contributed by atoms with Crippen LogP contribution in [0.25, 0.3) is 0 Å². The van der Waals surface area contributed by atoms with Gasteiger partial charge in [-0.05, 0) is 6.92 Å². The minimum Gasteiger partial charge on any atom is -0.481 e. The maximum Gasteiger partial charge on any atom is 0.325 e. The number of esters is 1. The minimum atomic E-state index is -3.67. The molecule has 0 aromatic heterocycles. The predicted octanol–water partition coefficient (Wildman–Crippen LogP) is -0.415. The highest BCUT2D eigenvalue weighted by molar-refractivity contribution is 8.01. The molecule has 0 rings (SSSR count). The van der Waals surface area contributed by atoms with Gasteiger partial charge in [0.25, 0.3) is 0 Å². The summed E-state index contributed by atoms with van der Waals surface area (Å²) in [4.78, 5) is 21.6. The second kappa shape index (κ2) is 9.45. The molecule has 0 aliphatic rings. The van der Waals surface area contributed by atoms with Gasteiger partial charge in [0.1, 0.15) is 6.04 Å². The van der Waals surface area contributed by atoms with E-state index in [1.807, 2.05) is 0 Å². The quantitative estimate of drug-likeness (QED) is 0.283. The number of rotatable bonds is 10. The molecule has 0 saturated carbocycles. The molecule has 0 fully saturated rings. The van der Waals surface area contributed by atoms with Gasteiger partial charge in [-0.25, -0.2) is 13.1 Å². The molecule has 0 aromatic carbocycles. The number of carbonyl (C=O) groups is 2. The lowest BCUT2D eigenvalue weighted by atomic mass is 10.4. The topological polar surface area (TPSA) is 110 Å². The molecule has 7 nitrogen and oxygen atoms in total. The lowest BCUT2D eigenvalue weighted by Crippen LogP contribution is -2.44. The van der Waals surface area contributed by atoms with E-state index >= 15 is 0 Å². The van der Waals surface area contributed by atoms with Gasteiger partial charge in [0.15, 0.2) is 0 Å². The van der Waals surface area contributed by atoms with Crippen molar-refractivity contribution in [2.45, 2.75) is 13.0 Å². The molecule has 0 aliphatic carbocycles. The van der Waals surface area contributed by atoms with E-state index in [0.29, 0.717) is 0 Å². The Bertz CT molecular complexity index is 397. The molecule has 1 atom stereocenters. The monoisotopic (exact) mass is 331 g/mol. The highest BCUT2D eigenvalue weighted by Crippen LogP contribution is 2.03. The molecule has 0 amide bonds. The smallest absolute Gasteiger partial charge is 0.325 e. The zero-order chi connectivity index (χ0) is 14.9. The third-order valence-electron chi connectivity index (χ3n) is 1.80. The summed E-state index contributed by atoms with van der Waals surface area (Å²) in [6.07, 6.45) is 0. The molecular formula is C9H17NO6S3. The van der Waals surface area contributed by atoms with Crippen LogP contribution in [0.15, 0.2) is 0 Å². The summed E-state index contributed by atoms with van der Waals surface area (Å²) in [7, 11) is -3.67. The normalized spacial score (nSPS) is 12.9. The summed E-state index contributed by atoms with van der Waals surface area (Å²) in [5, 5.41) is 8.40. The molecule has 0 aromatic rings. The predicted molar refractivity (Wildman–Crippen MR) is 76.2 cm³/mol. The Morgan fingerprint density at radius 3 is 2.58 bits per heavy atom. The number of thioether (sulfide) groups is 1. The highest BCUT2D eigenvalue weighted by Gasteiger charge is 2.24. The number of aliphatic carboxylic acids is 1. The van der Waals surface area contributed by atoms with E-state index in [-0.39, 0.29) is 29.6 Å². The van der Waals surface area contributed by atoms with E-state index in [1.165, 1.54) is 0 Å². The average Bonchev–Trinajstić information content (AvgIpc) is 2.32. The van der Waals surface area contributed by atoms with Gasteiger partial charge in [-0.1, -0.05) is 0 Å². The Morgan fingerprint density at radius 2 is 2.11 bits per heavy atom. The summed E-state index contributed by atoms with van der Waals surface area (Å²) in [6.45, 7) is 1.77. The molecule has 0 heterocycles. The van der Waals surface area contributed by atoms with Gasteiger partial charge in [0.2, 0.25) is 10.0 Å². The Balaban J connectivity index is 4.25. The van der Waals surface area contributed by atoms with Crippen LogP contribution in [0.1, 0.15) is 6.92 Å². The zero-order valence-corrected chi connectivity index (χ0v) is 12.9. The number of carboxylic acids is 1. The van der Waals surface area contributed by atoms with Gasteiger partial charge in [-0.3, -0.25) is 9.59 Å². The van der Waals surface area contributed by atoms with Crippen LogP contribution in [0.4, 0.5) is 0 Å².